The largest absolute Gasteiger partial charge is 0.465 e. The molecule has 1 aromatic rings. The van der Waals surface area contributed by atoms with E-state index in [2.05, 4.69) is 22.0 Å². The molecule has 2 rings (SSSR count). The van der Waals surface area contributed by atoms with Crippen molar-refractivity contribution in [3.05, 3.63) is 29.6 Å². The fourth-order valence-electron chi connectivity index (χ4n) is 3.01. The number of hydrogen-bond donors (Lipinski definition) is 1. The number of carbonyl (C=O) groups is 1. The molecule has 4 heteroatoms. The number of ether oxygens (including phenoxy) is 1. The van der Waals surface area contributed by atoms with Gasteiger partial charge in [0.25, 0.3) is 0 Å². The molecule has 0 amide bonds. The Morgan fingerprint density at radius 3 is 2.62 bits per heavy atom. The van der Waals surface area contributed by atoms with E-state index >= 15 is 0 Å². The van der Waals surface area contributed by atoms with E-state index in [-0.39, 0.29) is 5.97 Å². The fraction of sp³-hybridized carbons (Fsp3) is 0.647. The number of carbonyl (C=O) groups excluding carboxylic acids is 1. The van der Waals surface area contributed by atoms with Gasteiger partial charge in [-0.05, 0) is 37.8 Å². The zero-order valence-corrected chi connectivity index (χ0v) is 13.1. The number of hydrogen-bond acceptors (Lipinski definition) is 4. The van der Waals surface area contributed by atoms with Crippen LogP contribution in [0.3, 0.4) is 0 Å². The molecular formula is C17H26N2O2. The van der Waals surface area contributed by atoms with Crippen molar-refractivity contribution in [2.24, 2.45) is 5.92 Å². The Balaban J connectivity index is 1.82. The lowest BCUT2D eigenvalue weighted by molar-refractivity contribution is 0.0600. The quantitative estimate of drug-likeness (QED) is 0.667. The first-order valence-corrected chi connectivity index (χ1v) is 7.97. The lowest BCUT2D eigenvalue weighted by Gasteiger charge is -2.23. The molecule has 1 aliphatic carbocycles. The molecule has 1 fully saturated rings. The Morgan fingerprint density at radius 2 is 2.05 bits per heavy atom. The van der Waals surface area contributed by atoms with Crippen molar-refractivity contribution in [3.8, 4) is 0 Å². The van der Waals surface area contributed by atoms with Gasteiger partial charge >= 0.3 is 5.97 Å². The lowest BCUT2D eigenvalue weighted by atomic mass is 9.93. The Hall–Kier alpha value is -1.42. The predicted octanol–water partition coefficient (Wildman–Crippen LogP) is 3.32. The average Bonchev–Trinajstić information content (AvgIpc) is 2.81. The number of esters is 1. The van der Waals surface area contributed by atoms with Crippen molar-refractivity contribution in [3.63, 3.8) is 0 Å². The topological polar surface area (TPSA) is 51.2 Å². The second-order valence-corrected chi connectivity index (χ2v) is 5.95. The van der Waals surface area contributed by atoms with E-state index in [1.54, 1.807) is 12.3 Å². The van der Waals surface area contributed by atoms with E-state index in [0.29, 0.717) is 11.6 Å². The molecule has 0 saturated heterocycles. The van der Waals surface area contributed by atoms with E-state index in [1.807, 2.05) is 6.07 Å². The molecule has 0 radical (unpaired) electrons. The van der Waals surface area contributed by atoms with E-state index < -0.39 is 0 Å². The molecule has 1 saturated carbocycles. The van der Waals surface area contributed by atoms with Gasteiger partial charge in [-0.2, -0.15) is 0 Å². The molecule has 0 aromatic carbocycles. The van der Waals surface area contributed by atoms with Gasteiger partial charge in [0, 0.05) is 18.8 Å². The summed E-state index contributed by atoms with van der Waals surface area (Å²) in [5, 5.41) is 3.58. The number of nitrogens with zero attached hydrogens (tertiary/aromatic N) is 1. The zero-order chi connectivity index (χ0) is 15.1. The standard InChI is InChI=1S/C17H26N2O2/c1-13(14-7-5-3-4-6-8-14)18-12-16-10-9-15(11-19-16)17(20)21-2/h9-11,13-14,18H,3-8,12H2,1-2H3/t13-/m0/s1. The van der Waals surface area contributed by atoms with Gasteiger partial charge in [-0.1, -0.05) is 25.7 Å². The summed E-state index contributed by atoms with van der Waals surface area (Å²) < 4.78 is 4.67. The van der Waals surface area contributed by atoms with Gasteiger partial charge in [-0.15, -0.1) is 0 Å². The summed E-state index contributed by atoms with van der Waals surface area (Å²) >= 11 is 0. The van der Waals surface area contributed by atoms with Crippen LogP contribution in [0.4, 0.5) is 0 Å². The summed E-state index contributed by atoms with van der Waals surface area (Å²) in [6.45, 7) is 3.03. The monoisotopic (exact) mass is 290 g/mol. The summed E-state index contributed by atoms with van der Waals surface area (Å²) in [7, 11) is 1.38. The fourth-order valence-corrected chi connectivity index (χ4v) is 3.01. The van der Waals surface area contributed by atoms with Gasteiger partial charge in [0.15, 0.2) is 0 Å². The molecule has 0 unspecified atom stereocenters. The van der Waals surface area contributed by atoms with Crippen molar-refractivity contribution >= 4 is 5.97 Å². The van der Waals surface area contributed by atoms with Crippen molar-refractivity contribution in [2.75, 3.05) is 7.11 Å². The van der Waals surface area contributed by atoms with Crippen LogP contribution in [0.25, 0.3) is 0 Å². The smallest absolute Gasteiger partial charge is 0.339 e. The molecule has 1 aromatic heterocycles. The minimum Gasteiger partial charge on any atom is -0.465 e. The van der Waals surface area contributed by atoms with Gasteiger partial charge in [-0.3, -0.25) is 4.98 Å². The first-order chi connectivity index (χ1) is 10.2. The summed E-state index contributed by atoms with van der Waals surface area (Å²) in [4.78, 5) is 15.7. The van der Waals surface area contributed by atoms with E-state index in [0.717, 1.165) is 18.2 Å². The van der Waals surface area contributed by atoms with Crippen molar-refractivity contribution in [1.29, 1.82) is 0 Å². The first kappa shape index (κ1) is 16.0. The van der Waals surface area contributed by atoms with E-state index in [9.17, 15) is 4.79 Å². The van der Waals surface area contributed by atoms with Gasteiger partial charge in [0.05, 0.1) is 18.4 Å². The summed E-state index contributed by atoms with van der Waals surface area (Å²) in [6, 6.07) is 4.18. The van der Waals surface area contributed by atoms with Crippen LogP contribution in [0.15, 0.2) is 18.3 Å². The van der Waals surface area contributed by atoms with E-state index in [4.69, 9.17) is 0 Å². The maximum Gasteiger partial charge on any atom is 0.339 e. The molecular weight excluding hydrogens is 264 g/mol. The Kier molecular flexibility index (Phi) is 6.18. The van der Waals surface area contributed by atoms with E-state index in [1.165, 1.54) is 45.6 Å². The summed E-state index contributed by atoms with van der Waals surface area (Å²) in [5.41, 5.74) is 1.46. The number of methoxy groups -OCH3 is 1. The minimum absolute atomic E-state index is 0.339. The highest BCUT2D eigenvalue weighted by molar-refractivity contribution is 5.88. The van der Waals surface area contributed by atoms with Gasteiger partial charge < -0.3 is 10.1 Å². The number of rotatable bonds is 5. The normalized spacial score (nSPS) is 18.0. The average molecular weight is 290 g/mol. The molecule has 0 bridgehead atoms. The molecule has 1 atom stereocenters. The van der Waals surface area contributed by atoms with Crippen molar-refractivity contribution in [2.45, 2.75) is 58.0 Å². The van der Waals surface area contributed by atoms with Crippen LogP contribution in [0.1, 0.15) is 61.5 Å². The number of nitrogens with one attached hydrogen (secondary N) is 1. The first-order valence-electron chi connectivity index (χ1n) is 7.97. The maximum absolute atomic E-state index is 11.4. The third kappa shape index (κ3) is 4.81. The van der Waals surface area contributed by atoms with Gasteiger partial charge in [0.2, 0.25) is 0 Å². The predicted molar refractivity (Wildman–Crippen MR) is 83.1 cm³/mol. The van der Waals surface area contributed by atoms with Crippen LogP contribution in [0.5, 0.6) is 0 Å². The molecule has 0 spiro atoms. The molecule has 21 heavy (non-hydrogen) atoms. The van der Waals surface area contributed by atoms with Crippen molar-refractivity contribution < 1.29 is 9.53 Å². The number of aromatic nitrogens is 1. The van der Waals surface area contributed by atoms with Crippen molar-refractivity contribution in [1.82, 2.24) is 10.3 Å². The van der Waals surface area contributed by atoms with Crippen LogP contribution in [-0.2, 0) is 11.3 Å². The molecule has 1 aliphatic rings. The molecule has 1 N–H and O–H groups in total. The lowest BCUT2D eigenvalue weighted by Crippen LogP contribution is -2.33. The van der Waals surface area contributed by atoms with Gasteiger partial charge in [-0.25, -0.2) is 4.79 Å². The summed E-state index contributed by atoms with van der Waals surface area (Å²) in [6.07, 6.45) is 9.76. The maximum atomic E-state index is 11.4. The highest BCUT2D eigenvalue weighted by Gasteiger charge is 2.18. The Labute approximate surface area is 127 Å². The molecule has 1 heterocycles. The highest BCUT2D eigenvalue weighted by atomic mass is 16.5. The van der Waals surface area contributed by atoms with Gasteiger partial charge in [0.1, 0.15) is 0 Å². The van der Waals surface area contributed by atoms with Crippen LogP contribution < -0.4 is 5.32 Å². The number of pyridine rings is 1. The highest BCUT2D eigenvalue weighted by Crippen LogP contribution is 2.25. The molecule has 0 aliphatic heterocycles. The van der Waals surface area contributed by atoms with Crippen LogP contribution in [0.2, 0.25) is 0 Å². The third-order valence-corrected chi connectivity index (χ3v) is 4.46. The van der Waals surface area contributed by atoms with Crippen LogP contribution >= 0.6 is 0 Å². The Morgan fingerprint density at radius 1 is 1.33 bits per heavy atom. The summed E-state index contributed by atoms with van der Waals surface area (Å²) in [5.74, 6) is 0.440. The van der Waals surface area contributed by atoms with Crippen LogP contribution in [0, 0.1) is 5.92 Å². The zero-order valence-electron chi connectivity index (χ0n) is 13.1. The Bertz CT molecular complexity index is 437. The molecule has 4 nitrogen and oxygen atoms in total. The third-order valence-electron chi connectivity index (χ3n) is 4.46. The second kappa shape index (κ2) is 8.13. The SMILES string of the molecule is COC(=O)c1ccc(CN[C@@H](C)C2CCCCCC2)nc1. The second-order valence-electron chi connectivity index (χ2n) is 5.95. The molecule has 116 valence electrons. The minimum atomic E-state index is -0.339. The van der Waals surface area contributed by atoms with Crippen LogP contribution in [-0.4, -0.2) is 24.1 Å².